The second-order valence-electron chi connectivity index (χ2n) is 8.66. The number of halogens is 1. The van der Waals surface area contributed by atoms with Crippen molar-refractivity contribution in [2.45, 2.75) is 47.1 Å². The van der Waals surface area contributed by atoms with E-state index in [1.807, 2.05) is 68.6 Å². The molecule has 0 aliphatic carbocycles. The van der Waals surface area contributed by atoms with Crippen LogP contribution in [0.1, 0.15) is 48.1 Å². The average molecular weight is 519 g/mol. The number of aryl methyl sites for hydroxylation is 3. The molecule has 0 amide bonds. The Balaban J connectivity index is 1.70. The van der Waals surface area contributed by atoms with Gasteiger partial charge in [0.25, 0.3) is 5.56 Å². The van der Waals surface area contributed by atoms with E-state index in [0.29, 0.717) is 18.1 Å². The molecule has 0 saturated carbocycles. The number of ether oxygens (including phenoxy) is 1. The van der Waals surface area contributed by atoms with Gasteiger partial charge in [-0.2, -0.15) is 4.98 Å². The van der Waals surface area contributed by atoms with Crippen molar-refractivity contribution >= 4 is 15.9 Å². The van der Waals surface area contributed by atoms with E-state index in [2.05, 4.69) is 39.7 Å². The lowest BCUT2D eigenvalue weighted by Gasteiger charge is -2.15. The van der Waals surface area contributed by atoms with Crippen LogP contribution in [0, 0.1) is 20.8 Å². The van der Waals surface area contributed by atoms with E-state index in [1.165, 1.54) is 0 Å². The zero-order valence-electron chi connectivity index (χ0n) is 20.0. The monoisotopic (exact) mass is 518 g/mol. The molecule has 0 bridgehead atoms. The second kappa shape index (κ2) is 9.89. The van der Waals surface area contributed by atoms with E-state index in [1.54, 1.807) is 11.5 Å². The van der Waals surface area contributed by atoms with Crippen LogP contribution in [-0.2, 0) is 6.61 Å². The van der Waals surface area contributed by atoms with Crippen LogP contribution in [-0.4, -0.2) is 19.5 Å². The van der Waals surface area contributed by atoms with Crippen molar-refractivity contribution in [1.82, 2.24) is 19.5 Å². The molecule has 2 aromatic heterocycles. The maximum Gasteiger partial charge on any atom is 0.276 e. The van der Waals surface area contributed by atoms with Crippen LogP contribution in [0.2, 0.25) is 0 Å². The molecular formula is C27H27BrN4O2. The lowest BCUT2D eigenvalue weighted by atomic mass is 10.1. The molecule has 0 aliphatic rings. The van der Waals surface area contributed by atoms with Crippen LogP contribution in [0.4, 0.5) is 0 Å². The Kier molecular flexibility index (Phi) is 6.93. The third-order valence-electron chi connectivity index (χ3n) is 5.51. The summed E-state index contributed by atoms with van der Waals surface area (Å²) in [5.41, 5.74) is 5.40. The SMILES string of the molecule is Cc1cccc(COc2nc(C)n(-c3cccc(-c4nc(C(C)C)ncc4C)c3)c(=O)c2Br)c1. The number of hydrogen-bond acceptors (Lipinski definition) is 5. The highest BCUT2D eigenvalue weighted by atomic mass is 79.9. The summed E-state index contributed by atoms with van der Waals surface area (Å²) in [5.74, 6) is 1.83. The van der Waals surface area contributed by atoms with Gasteiger partial charge >= 0.3 is 0 Å². The predicted octanol–water partition coefficient (Wildman–Crippen LogP) is 6.08. The zero-order valence-corrected chi connectivity index (χ0v) is 21.5. The summed E-state index contributed by atoms with van der Waals surface area (Å²) in [6.07, 6.45) is 1.85. The fourth-order valence-electron chi connectivity index (χ4n) is 3.75. The van der Waals surface area contributed by atoms with E-state index < -0.39 is 0 Å². The molecule has 6 nitrogen and oxygen atoms in total. The van der Waals surface area contributed by atoms with Crippen molar-refractivity contribution in [3.05, 3.63) is 97.9 Å². The summed E-state index contributed by atoms with van der Waals surface area (Å²) in [7, 11) is 0. The largest absolute Gasteiger partial charge is 0.472 e. The van der Waals surface area contributed by atoms with Crippen molar-refractivity contribution in [2.24, 2.45) is 0 Å². The summed E-state index contributed by atoms with van der Waals surface area (Å²) < 4.78 is 7.75. The minimum Gasteiger partial charge on any atom is -0.472 e. The Bertz CT molecular complexity index is 1410. The van der Waals surface area contributed by atoms with Crippen molar-refractivity contribution in [3.63, 3.8) is 0 Å². The maximum absolute atomic E-state index is 13.3. The number of hydrogen-bond donors (Lipinski definition) is 0. The van der Waals surface area contributed by atoms with Crippen molar-refractivity contribution in [1.29, 1.82) is 0 Å². The standard InChI is InChI=1S/C27H27BrN4O2/c1-16(2)25-29-14-18(4)24(31-25)21-10-7-11-22(13-21)32-19(5)30-26(23(28)27(32)33)34-15-20-9-6-8-17(3)12-20/h6-14,16H,15H2,1-5H3. The molecule has 7 heteroatoms. The Labute approximate surface area is 207 Å². The fraction of sp³-hybridized carbons (Fsp3) is 0.259. The Hall–Kier alpha value is -3.32. The molecule has 0 unspecified atom stereocenters. The van der Waals surface area contributed by atoms with E-state index in [-0.39, 0.29) is 21.8 Å². The molecular weight excluding hydrogens is 492 g/mol. The van der Waals surface area contributed by atoms with Crippen molar-refractivity contribution in [3.8, 4) is 22.8 Å². The topological polar surface area (TPSA) is 69.9 Å². The third kappa shape index (κ3) is 4.94. The maximum atomic E-state index is 13.3. The van der Waals surface area contributed by atoms with Gasteiger partial charge in [0, 0.05) is 17.7 Å². The molecule has 0 atom stereocenters. The van der Waals surface area contributed by atoms with Crippen LogP contribution >= 0.6 is 15.9 Å². The molecule has 2 heterocycles. The second-order valence-corrected chi connectivity index (χ2v) is 9.45. The molecule has 0 spiro atoms. The Morgan fingerprint density at radius 1 is 1.03 bits per heavy atom. The molecule has 174 valence electrons. The van der Waals surface area contributed by atoms with Gasteiger partial charge < -0.3 is 4.74 Å². The molecule has 0 fully saturated rings. The lowest BCUT2D eigenvalue weighted by Crippen LogP contribution is -2.23. The predicted molar refractivity (Wildman–Crippen MR) is 138 cm³/mol. The first-order chi connectivity index (χ1) is 16.2. The zero-order chi connectivity index (χ0) is 24.4. The van der Waals surface area contributed by atoms with Gasteiger partial charge in [-0.15, -0.1) is 0 Å². The van der Waals surface area contributed by atoms with Gasteiger partial charge in [0.15, 0.2) is 0 Å². The van der Waals surface area contributed by atoms with E-state index in [0.717, 1.165) is 33.8 Å². The summed E-state index contributed by atoms with van der Waals surface area (Å²) in [6, 6.07) is 15.8. The van der Waals surface area contributed by atoms with Crippen LogP contribution in [0.15, 0.2) is 64.0 Å². The third-order valence-corrected chi connectivity index (χ3v) is 6.19. The van der Waals surface area contributed by atoms with Crippen molar-refractivity contribution in [2.75, 3.05) is 0 Å². The van der Waals surface area contributed by atoms with Gasteiger partial charge in [-0.1, -0.05) is 55.8 Å². The van der Waals surface area contributed by atoms with Crippen LogP contribution in [0.5, 0.6) is 5.88 Å². The molecule has 0 saturated heterocycles. The van der Waals surface area contributed by atoms with Crippen LogP contribution < -0.4 is 10.3 Å². The number of nitrogens with zero attached hydrogens (tertiary/aromatic N) is 4. The number of aromatic nitrogens is 4. The molecule has 0 aliphatic heterocycles. The Morgan fingerprint density at radius 3 is 2.53 bits per heavy atom. The summed E-state index contributed by atoms with van der Waals surface area (Å²) in [5, 5.41) is 0. The first kappa shape index (κ1) is 23.8. The number of benzene rings is 2. The fourth-order valence-corrected chi connectivity index (χ4v) is 4.13. The van der Waals surface area contributed by atoms with Crippen LogP contribution in [0.25, 0.3) is 16.9 Å². The minimum atomic E-state index is -0.230. The number of rotatable bonds is 6. The lowest BCUT2D eigenvalue weighted by molar-refractivity contribution is 0.289. The minimum absolute atomic E-state index is 0.222. The first-order valence-electron chi connectivity index (χ1n) is 11.2. The van der Waals surface area contributed by atoms with E-state index in [4.69, 9.17) is 9.72 Å². The normalized spacial score (nSPS) is 11.1. The molecule has 0 radical (unpaired) electrons. The molecule has 2 aromatic carbocycles. The van der Waals surface area contributed by atoms with Gasteiger partial charge in [0.05, 0.1) is 11.4 Å². The van der Waals surface area contributed by atoms with Gasteiger partial charge in [0.2, 0.25) is 5.88 Å². The quantitative estimate of drug-likeness (QED) is 0.309. The highest BCUT2D eigenvalue weighted by Crippen LogP contribution is 2.26. The first-order valence-corrected chi connectivity index (χ1v) is 12.0. The van der Waals surface area contributed by atoms with Gasteiger partial charge in [0.1, 0.15) is 22.7 Å². The molecule has 4 aromatic rings. The summed E-state index contributed by atoms with van der Waals surface area (Å²) in [6.45, 7) is 10.3. The highest BCUT2D eigenvalue weighted by molar-refractivity contribution is 9.10. The Morgan fingerprint density at radius 2 is 1.79 bits per heavy atom. The van der Waals surface area contributed by atoms with Gasteiger partial charge in [-0.25, -0.2) is 9.97 Å². The van der Waals surface area contributed by atoms with E-state index >= 15 is 0 Å². The molecule has 0 N–H and O–H groups in total. The molecule has 34 heavy (non-hydrogen) atoms. The van der Waals surface area contributed by atoms with Gasteiger partial charge in [-0.05, 0) is 60.0 Å². The highest BCUT2D eigenvalue weighted by Gasteiger charge is 2.17. The summed E-state index contributed by atoms with van der Waals surface area (Å²) >= 11 is 3.41. The average Bonchev–Trinajstić information content (AvgIpc) is 2.81. The smallest absolute Gasteiger partial charge is 0.276 e. The summed E-state index contributed by atoms with van der Waals surface area (Å²) in [4.78, 5) is 27.1. The van der Waals surface area contributed by atoms with Crippen molar-refractivity contribution < 1.29 is 4.74 Å². The van der Waals surface area contributed by atoms with Gasteiger partial charge in [-0.3, -0.25) is 9.36 Å². The van der Waals surface area contributed by atoms with E-state index in [9.17, 15) is 4.79 Å². The molecule has 4 rings (SSSR count). The van der Waals surface area contributed by atoms with Crippen LogP contribution in [0.3, 0.4) is 0 Å².